The second-order valence-corrected chi connectivity index (χ2v) is 12.1. The zero-order valence-corrected chi connectivity index (χ0v) is 17.1. The number of halogens is 2. The highest BCUT2D eigenvalue weighted by atomic mass is 35.7. The number of hydrogen-bond acceptors (Lipinski definition) is 1. The highest BCUT2D eigenvalue weighted by Crippen LogP contribution is 2.39. The molecule has 1 aromatic rings. The van der Waals surface area contributed by atoms with Crippen molar-refractivity contribution in [3.05, 3.63) is 29.8 Å². The van der Waals surface area contributed by atoms with Crippen LogP contribution in [0.1, 0.15) is 63.9 Å². The number of ether oxygens (including phenoxy) is 1. The molecule has 0 saturated heterocycles. The molecule has 0 amide bonds. The van der Waals surface area contributed by atoms with Gasteiger partial charge in [-0.3, -0.25) is 0 Å². The topological polar surface area (TPSA) is 9.23 Å². The van der Waals surface area contributed by atoms with Gasteiger partial charge in [0.05, 0.1) is 6.61 Å². The van der Waals surface area contributed by atoms with E-state index in [1.54, 1.807) is 0 Å². The van der Waals surface area contributed by atoms with Gasteiger partial charge in [-0.15, -0.1) is 0 Å². The zero-order chi connectivity index (χ0) is 16.7. The third kappa shape index (κ3) is 6.32. The molecule has 4 heteroatoms. The lowest BCUT2D eigenvalue weighted by molar-refractivity contribution is 0.240. The van der Waals surface area contributed by atoms with Crippen molar-refractivity contribution in [1.82, 2.24) is 0 Å². The normalized spacial score (nSPS) is 23.0. The summed E-state index contributed by atoms with van der Waals surface area (Å²) in [4.78, 5) is 0. The predicted molar refractivity (Wildman–Crippen MR) is 104 cm³/mol. The van der Waals surface area contributed by atoms with Gasteiger partial charge in [-0.2, -0.15) is 22.2 Å². The minimum Gasteiger partial charge on any atom is -0.494 e. The summed E-state index contributed by atoms with van der Waals surface area (Å²) in [5.74, 6) is 3.53. The van der Waals surface area contributed by atoms with Gasteiger partial charge in [0.15, 0.2) is 0 Å². The summed E-state index contributed by atoms with van der Waals surface area (Å²) in [6.07, 6.45) is 7.72. The van der Waals surface area contributed by atoms with Crippen molar-refractivity contribution < 1.29 is 4.74 Å². The Labute approximate surface area is 152 Å². The smallest absolute Gasteiger partial charge is 0.237 e. The van der Waals surface area contributed by atoms with Gasteiger partial charge >= 0.3 is 0 Å². The number of benzene rings is 1. The molecular weight excluding hydrogens is 343 g/mol. The average molecular weight is 373 g/mol. The van der Waals surface area contributed by atoms with Crippen molar-refractivity contribution in [2.24, 2.45) is 11.8 Å². The van der Waals surface area contributed by atoms with Crippen molar-refractivity contribution in [2.75, 3.05) is 6.61 Å². The van der Waals surface area contributed by atoms with Gasteiger partial charge in [-0.1, -0.05) is 32.4 Å². The lowest BCUT2D eigenvalue weighted by Gasteiger charge is -2.32. The molecule has 1 aliphatic carbocycles. The van der Waals surface area contributed by atoms with Crippen LogP contribution in [0.5, 0.6) is 5.75 Å². The van der Waals surface area contributed by atoms with Crippen LogP contribution in [-0.2, 0) is 0 Å². The van der Waals surface area contributed by atoms with E-state index in [4.69, 9.17) is 26.9 Å². The number of rotatable bonds is 8. The fourth-order valence-corrected chi connectivity index (χ4v) is 5.02. The van der Waals surface area contributed by atoms with Crippen LogP contribution in [0.3, 0.4) is 0 Å². The van der Waals surface area contributed by atoms with Gasteiger partial charge in [0, 0.05) is 0 Å². The summed E-state index contributed by atoms with van der Waals surface area (Å²) in [5.41, 5.74) is 1.48. The fraction of sp³-hybridized carbons (Fsp3) is 0.684. The Morgan fingerprint density at radius 1 is 1.13 bits per heavy atom. The van der Waals surface area contributed by atoms with Crippen molar-refractivity contribution in [3.8, 4) is 5.75 Å². The molecule has 1 saturated carbocycles. The van der Waals surface area contributed by atoms with Crippen LogP contribution in [0.15, 0.2) is 24.3 Å². The molecule has 2 rings (SSSR count). The van der Waals surface area contributed by atoms with Crippen molar-refractivity contribution in [2.45, 2.75) is 64.3 Å². The van der Waals surface area contributed by atoms with Gasteiger partial charge in [0.25, 0.3) is 0 Å². The van der Waals surface area contributed by atoms with E-state index in [1.807, 2.05) is 0 Å². The van der Waals surface area contributed by atoms with E-state index in [2.05, 4.69) is 38.1 Å². The third-order valence-electron chi connectivity index (χ3n) is 5.41. The monoisotopic (exact) mass is 372 g/mol. The Balaban J connectivity index is 1.77. The van der Waals surface area contributed by atoms with Gasteiger partial charge in [-0.05, 0) is 73.6 Å². The molecule has 1 aliphatic rings. The van der Waals surface area contributed by atoms with Crippen LogP contribution in [0.2, 0.25) is 6.04 Å². The second-order valence-electron chi connectivity index (χ2n) is 6.95. The van der Waals surface area contributed by atoms with E-state index in [0.29, 0.717) is 6.61 Å². The van der Waals surface area contributed by atoms with Crippen LogP contribution < -0.4 is 4.74 Å². The Bertz CT molecular complexity index is 441. The molecule has 1 atom stereocenters. The summed E-state index contributed by atoms with van der Waals surface area (Å²) in [6.45, 7) is 5.44. The Kier molecular flexibility index (Phi) is 8.29. The third-order valence-corrected chi connectivity index (χ3v) is 7.56. The van der Waals surface area contributed by atoms with Crippen molar-refractivity contribution in [1.29, 1.82) is 0 Å². The number of hydrogen-bond donors (Lipinski definition) is 0. The minimum absolute atomic E-state index is 0.711. The molecule has 0 aromatic heterocycles. The Morgan fingerprint density at radius 3 is 2.35 bits per heavy atom. The summed E-state index contributed by atoms with van der Waals surface area (Å²) in [5, 5.41) is 0. The van der Waals surface area contributed by atoms with E-state index in [9.17, 15) is 0 Å². The molecule has 1 nitrogen and oxygen atoms in total. The van der Waals surface area contributed by atoms with Crippen LogP contribution >= 0.6 is 22.2 Å². The Morgan fingerprint density at radius 2 is 1.78 bits per heavy atom. The molecule has 0 N–H and O–H groups in total. The molecule has 0 heterocycles. The van der Waals surface area contributed by atoms with E-state index >= 15 is 0 Å². The van der Waals surface area contributed by atoms with Gasteiger partial charge in [0.1, 0.15) is 5.75 Å². The van der Waals surface area contributed by atoms with E-state index < -0.39 is 7.42 Å². The fourth-order valence-electron chi connectivity index (χ4n) is 3.62. The van der Waals surface area contributed by atoms with Crippen molar-refractivity contribution >= 4 is 29.6 Å². The Hall–Kier alpha value is -0.183. The largest absolute Gasteiger partial charge is 0.494 e. The lowest BCUT2D eigenvalue weighted by atomic mass is 9.74. The first-order chi connectivity index (χ1) is 11.1. The second kappa shape index (κ2) is 9.96. The molecule has 0 spiro atoms. The summed E-state index contributed by atoms with van der Waals surface area (Å²) in [7, 11) is -1.47. The maximum absolute atomic E-state index is 5.85. The molecule has 1 fully saturated rings. The SMILES string of the molecule is CCC(C)[C@H]1CC[C@H](c2ccc(OCCC[SiH](Cl)Cl)cc2)CC1. The molecular formula is C19H30Cl2OSi. The highest BCUT2D eigenvalue weighted by molar-refractivity contribution is 7.33. The van der Waals surface area contributed by atoms with Crippen molar-refractivity contribution in [3.63, 3.8) is 0 Å². The molecule has 1 aromatic carbocycles. The van der Waals surface area contributed by atoms with Crippen LogP contribution in [0.25, 0.3) is 0 Å². The maximum atomic E-state index is 5.85. The summed E-state index contributed by atoms with van der Waals surface area (Å²) < 4.78 is 5.77. The molecule has 130 valence electrons. The van der Waals surface area contributed by atoms with E-state index in [0.717, 1.165) is 36.0 Å². The van der Waals surface area contributed by atoms with E-state index in [1.165, 1.54) is 37.7 Å². The first-order valence-electron chi connectivity index (χ1n) is 9.11. The van der Waals surface area contributed by atoms with Gasteiger partial charge in [-0.25, -0.2) is 0 Å². The van der Waals surface area contributed by atoms with Gasteiger partial charge < -0.3 is 4.74 Å². The zero-order valence-electron chi connectivity index (χ0n) is 14.4. The van der Waals surface area contributed by atoms with Gasteiger partial charge in [0.2, 0.25) is 7.42 Å². The standard InChI is InChI=1S/C19H30Cl2OSi/c1-3-15(2)16-5-7-17(8-6-16)18-9-11-19(12-10-18)22-13-4-14-23(20)21/h9-12,15-17,23H,3-8,13-14H2,1-2H3/t15?,16-,17-. The predicted octanol–water partition coefficient (Wildman–Crippen LogP) is 6.47. The van der Waals surface area contributed by atoms with E-state index in [-0.39, 0.29) is 0 Å². The van der Waals surface area contributed by atoms with Crippen LogP contribution in [-0.4, -0.2) is 14.0 Å². The maximum Gasteiger partial charge on any atom is 0.237 e. The van der Waals surface area contributed by atoms with Crippen LogP contribution in [0, 0.1) is 11.8 Å². The first kappa shape index (κ1) is 19.1. The summed E-state index contributed by atoms with van der Waals surface area (Å²) >= 11 is 11.7. The first-order valence-corrected chi connectivity index (χ1v) is 13.4. The molecule has 0 radical (unpaired) electrons. The minimum atomic E-state index is -1.47. The molecule has 0 aliphatic heterocycles. The highest BCUT2D eigenvalue weighted by Gasteiger charge is 2.25. The summed E-state index contributed by atoms with van der Waals surface area (Å²) in [6, 6.07) is 9.66. The quantitative estimate of drug-likeness (QED) is 0.288. The molecule has 1 unspecified atom stereocenters. The lowest BCUT2D eigenvalue weighted by Crippen LogP contribution is -2.18. The molecule has 0 bridgehead atoms. The average Bonchev–Trinajstić information content (AvgIpc) is 2.58. The van der Waals surface area contributed by atoms with Crippen LogP contribution in [0.4, 0.5) is 0 Å². The molecule has 23 heavy (non-hydrogen) atoms.